The summed E-state index contributed by atoms with van der Waals surface area (Å²) in [7, 11) is 0. The molecule has 0 N–H and O–H groups in total. The average Bonchev–Trinajstić information content (AvgIpc) is 2.27. The molecule has 1 heterocycles. The van der Waals surface area contributed by atoms with Crippen molar-refractivity contribution in [1.29, 1.82) is 0 Å². The summed E-state index contributed by atoms with van der Waals surface area (Å²) in [6, 6.07) is 6.14. The Kier molecular flexibility index (Phi) is 1.98. The van der Waals surface area contributed by atoms with Gasteiger partial charge < -0.3 is 24.0 Å². The van der Waals surface area contributed by atoms with Crippen molar-refractivity contribution in [2.45, 2.75) is 4.34 Å². The standard InChI is InChI=1S/C7H4INS2/c8-4-1-2-5-6(3-4)11-7(10)9-5/h1-3H,(H,9,10)/p-1. The summed E-state index contributed by atoms with van der Waals surface area (Å²) in [6.45, 7) is 0. The fourth-order valence-electron chi connectivity index (χ4n) is 0.877. The maximum atomic E-state index is 4.96. The Bertz CT molecular complexity index is 396. The monoisotopic (exact) mass is 292 g/mol. The van der Waals surface area contributed by atoms with Crippen molar-refractivity contribution in [3.63, 3.8) is 0 Å². The van der Waals surface area contributed by atoms with E-state index >= 15 is 0 Å². The molecular weight excluding hydrogens is 289 g/mol. The van der Waals surface area contributed by atoms with E-state index in [1.54, 1.807) is 11.3 Å². The van der Waals surface area contributed by atoms with Gasteiger partial charge in [0.05, 0.1) is 5.52 Å². The summed E-state index contributed by atoms with van der Waals surface area (Å²) in [5, 5.41) is 0. The van der Waals surface area contributed by atoms with Crippen molar-refractivity contribution in [1.82, 2.24) is 4.98 Å². The van der Waals surface area contributed by atoms with Crippen molar-refractivity contribution in [3.05, 3.63) is 21.8 Å². The van der Waals surface area contributed by atoms with Crippen LogP contribution in [-0.2, 0) is 12.6 Å². The second-order valence-electron chi connectivity index (χ2n) is 2.09. The second-order valence-corrected chi connectivity index (χ2v) is 5.01. The van der Waals surface area contributed by atoms with Crippen LogP contribution >= 0.6 is 33.9 Å². The number of hydrogen-bond donors (Lipinski definition) is 0. The Morgan fingerprint density at radius 1 is 1.45 bits per heavy atom. The lowest BCUT2D eigenvalue weighted by Crippen LogP contribution is -1.69. The van der Waals surface area contributed by atoms with E-state index in [0.717, 1.165) is 9.86 Å². The molecule has 0 aliphatic heterocycles. The SMILES string of the molecule is [S-]c1nc2ccc(I)cc2s1. The molecule has 1 aromatic carbocycles. The van der Waals surface area contributed by atoms with Gasteiger partial charge in [0.2, 0.25) is 0 Å². The summed E-state index contributed by atoms with van der Waals surface area (Å²) < 4.78 is 3.14. The predicted octanol–water partition coefficient (Wildman–Crippen LogP) is 2.81. The Balaban J connectivity index is 2.82. The van der Waals surface area contributed by atoms with Gasteiger partial charge >= 0.3 is 0 Å². The van der Waals surface area contributed by atoms with Crippen LogP contribution in [0.25, 0.3) is 10.2 Å². The predicted molar refractivity (Wildman–Crippen MR) is 58.0 cm³/mol. The largest absolute Gasteiger partial charge is 0.408 e. The zero-order valence-corrected chi connectivity index (χ0v) is 9.16. The van der Waals surface area contributed by atoms with Gasteiger partial charge in [-0.1, -0.05) is 0 Å². The number of fused-ring (bicyclic) bond motifs is 1. The zero-order chi connectivity index (χ0) is 7.84. The van der Waals surface area contributed by atoms with Gasteiger partial charge in [-0.25, -0.2) is 0 Å². The second kappa shape index (κ2) is 2.84. The summed E-state index contributed by atoms with van der Waals surface area (Å²) in [5.41, 5.74) is 1.01. The average molecular weight is 292 g/mol. The third-order valence-electron chi connectivity index (χ3n) is 1.33. The van der Waals surface area contributed by atoms with E-state index in [4.69, 9.17) is 12.6 Å². The highest BCUT2D eigenvalue weighted by Crippen LogP contribution is 2.23. The molecule has 0 aliphatic carbocycles. The van der Waals surface area contributed by atoms with Crippen LogP contribution in [0.5, 0.6) is 0 Å². The molecule has 2 aromatic rings. The molecule has 56 valence electrons. The Labute approximate surface area is 87.4 Å². The topological polar surface area (TPSA) is 12.9 Å². The van der Waals surface area contributed by atoms with Gasteiger partial charge in [-0.3, -0.25) is 4.98 Å². The van der Waals surface area contributed by atoms with Crippen LogP contribution in [0.1, 0.15) is 0 Å². The number of hydrogen-bond acceptors (Lipinski definition) is 3. The van der Waals surface area contributed by atoms with Crippen LogP contribution in [0.3, 0.4) is 0 Å². The van der Waals surface area contributed by atoms with Crippen LogP contribution < -0.4 is 0 Å². The zero-order valence-electron chi connectivity index (χ0n) is 5.37. The molecule has 4 heteroatoms. The summed E-state index contributed by atoms with van der Waals surface area (Å²) in [6.07, 6.45) is 0. The van der Waals surface area contributed by atoms with Gasteiger partial charge in [0.1, 0.15) is 0 Å². The molecule has 1 nitrogen and oxygen atoms in total. The van der Waals surface area contributed by atoms with Gasteiger partial charge in [-0.05, 0) is 49.8 Å². The summed E-state index contributed by atoms with van der Waals surface area (Å²) in [5.74, 6) is 0. The van der Waals surface area contributed by atoms with Gasteiger partial charge in [-0.2, -0.15) is 0 Å². The highest BCUT2D eigenvalue weighted by atomic mass is 127. The van der Waals surface area contributed by atoms with Crippen LogP contribution in [0.4, 0.5) is 0 Å². The first-order chi connectivity index (χ1) is 5.25. The first kappa shape index (κ1) is 7.70. The molecule has 0 saturated heterocycles. The number of nitrogens with zero attached hydrogens (tertiary/aromatic N) is 1. The van der Waals surface area contributed by atoms with E-state index < -0.39 is 0 Å². The third kappa shape index (κ3) is 1.47. The molecule has 0 amide bonds. The van der Waals surface area contributed by atoms with E-state index in [1.807, 2.05) is 12.1 Å². The van der Waals surface area contributed by atoms with Crippen LogP contribution in [0.15, 0.2) is 22.5 Å². The van der Waals surface area contributed by atoms with E-state index in [9.17, 15) is 0 Å². The van der Waals surface area contributed by atoms with Crippen molar-refractivity contribution < 1.29 is 0 Å². The highest BCUT2D eigenvalue weighted by molar-refractivity contribution is 14.1. The Hall–Kier alpha value is 0.0600. The van der Waals surface area contributed by atoms with E-state index in [1.165, 1.54) is 8.27 Å². The van der Waals surface area contributed by atoms with Crippen LogP contribution in [0, 0.1) is 3.57 Å². The molecule has 11 heavy (non-hydrogen) atoms. The van der Waals surface area contributed by atoms with E-state index in [-0.39, 0.29) is 0 Å². The molecule has 0 unspecified atom stereocenters. The van der Waals surface area contributed by atoms with Gasteiger partial charge in [0, 0.05) is 3.57 Å². The fraction of sp³-hybridized carbons (Fsp3) is 0. The van der Waals surface area contributed by atoms with Gasteiger partial charge in [-0.15, -0.1) is 0 Å². The number of thiazole rings is 1. The van der Waals surface area contributed by atoms with Crippen molar-refractivity contribution in [3.8, 4) is 0 Å². The molecule has 0 radical (unpaired) electrons. The van der Waals surface area contributed by atoms with Crippen molar-refractivity contribution >= 4 is 56.8 Å². The lowest BCUT2D eigenvalue weighted by atomic mass is 10.3. The maximum absolute atomic E-state index is 4.96. The number of rotatable bonds is 0. The van der Waals surface area contributed by atoms with Crippen molar-refractivity contribution in [2.24, 2.45) is 0 Å². The first-order valence-corrected chi connectivity index (χ1v) is 5.29. The van der Waals surface area contributed by atoms with Gasteiger partial charge in [0.25, 0.3) is 0 Å². The van der Waals surface area contributed by atoms with Gasteiger partial charge in [0.15, 0.2) is 0 Å². The molecular formula is C7H3INS2-. The quantitative estimate of drug-likeness (QED) is 0.547. The minimum absolute atomic E-state index is 0.724. The molecule has 0 saturated carbocycles. The molecule has 0 fully saturated rings. The Morgan fingerprint density at radius 2 is 2.27 bits per heavy atom. The molecule has 2 rings (SSSR count). The summed E-state index contributed by atoms with van der Waals surface area (Å²) in [4.78, 5) is 4.18. The first-order valence-electron chi connectivity index (χ1n) is 2.99. The number of benzene rings is 1. The molecule has 1 aromatic heterocycles. The third-order valence-corrected chi connectivity index (χ3v) is 3.16. The fourth-order valence-corrected chi connectivity index (χ4v) is 2.68. The van der Waals surface area contributed by atoms with Crippen molar-refractivity contribution in [2.75, 3.05) is 0 Å². The smallest absolute Gasteiger partial charge is 0.0601 e. The van der Waals surface area contributed by atoms with E-state index in [0.29, 0.717) is 0 Å². The Morgan fingerprint density at radius 3 is 3.09 bits per heavy atom. The normalized spacial score (nSPS) is 10.6. The van der Waals surface area contributed by atoms with E-state index in [2.05, 4.69) is 33.6 Å². The molecule has 0 spiro atoms. The molecule has 0 atom stereocenters. The summed E-state index contributed by atoms with van der Waals surface area (Å²) >= 11 is 8.81. The van der Waals surface area contributed by atoms with Crippen LogP contribution in [-0.4, -0.2) is 4.98 Å². The highest BCUT2D eigenvalue weighted by Gasteiger charge is 1.92. The minimum Gasteiger partial charge on any atom is -0.408 e. The lowest BCUT2D eigenvalue weighted by Gasteiger charge is -1.90. The lowest BCUT2D eigenvalue weighted by molar-refractivity contribution is 1.31. The maximum Gasteiger partial charge on any atom is 0.0601 e. The van der Waals surface area contributed by atoms with Crippen LogP contribution in [0.2, 0.25) is 0 Å². The molecule has 0 bridgehead atoms. The minimum atomic E-state index is 0.724. The number of aromatic nitrogens is 1. The molecule has 0 aliphatic rings. The number of halogens is 1.